The minimum absolute atomic E-state index is 0.0493. The number of halogens is 3. The van der Waals surface area contributed by atoms with Gasteiger partial charge in [0.2, 0.25) is 0 Å². The molecule has 1 amide bonds. The van der Waals surface area contributed by atoms with E-state index in [0.29, 0.717) is 0 Å². The van der Waals surface area contributed by atoms with Crippen molar-refractivity contribution in [3.63, 3.8) is 0 Å². The van der Waals surface area contributed by atoms with Crippen LogP contribution in [0.1, 0.15) is 19.4 Å². The Hall–Kier alpha value is -2.95. The molecule has 0 aliphatic rings. The second kappa shape index (κ2) is 9.03. The highest BCUT2D eigenvalue weighted by molar-refractivity contribution is 7.92. The van der Waals surface area contributed by atoms with Gasteiger partial charge in [0, 0.05) is 5.69 Å². The molecule has 0 bridgehead atoms. The third-order valence-electron chi connectivity index (χ3n) is 3.54. The number of rotatable bonds is 7. The van der Waals surface area contributed by atoms with E-state index in [1.807, 2.05) is 0 Å². The summed E-state index contributed by atoms with van der Waals surface area (Å²) in [4.78, 5) is 11.5. The first kappa shape index (κ1) is 22.3. The molecule has 7 nitrogen and oxygen atoms in total. The molecule has 0 fully saturated rings. The number of carbonyl (C=O) groups excluding carboxylic acids is 1. The summed E-state index contributed by atoms with van der Waals surface area (Å²) in [6.45, 7) is 3.71. The van der Waals surface area contributed by atoms with Crippen LogP contribution in [-0.4, -0.2) is 27.7 Å². The van der Waals surface area contributed by atoms with Gasteiger partial charge in [-0.3, -0.25) is 10.0 Å². The lowest BCUT2D eigenvalue weighted by Crippen LogP contribution is -2.16. The van der Waals surface area contributed by atoms with Crippen molar-refractivity contribution in [3.8, 4) is 5.75 Å². The van der Waals surface area contributed by atoms with E-state index in [0.717, 1.165) is 30.3 Å². The molecule has 0 saturated carbocycles. The zero-order valence-corrected chi connectivity index (χ0v) is 16.4. The number of hydrogen-bond donors (Lipinski definition) is 2. The maximum atomic E-state index is 12.6. The maximum Gasteiger partial charge on any atom is 0.416 e. The van der Waals surface area contributed by atoms with Crippen LogP contribution in [0.4, 0.5) is 29.3 Å². The highest BCUT2D eigenvalue weighted by Crippen LogP contribution is 2.31. The first-order valence-corrected chi connectivity index (χ1v) is 9.96. The van der Waals surface area contributed by atoms with Gasteiger partial charge in [-0.1, -0.05) is 0 Å². The highest BCUT2D eigenvalue weighted by Gasteiger charge is 2.30. The van der Waals surface area contributed by atoms with Gasteiger partial charge in [-0.15, -0.1) is 0 Å². The molecule has 0 spiro atoms. The van der Waals surface area contributed by atoms with Gasteiger partial charge in [0.05, 0.1) is 29.4 Å². The summed E-state index contributed by atoms with van der Waals surface area (Å²) in [5, 5.41) is 2.39. The number of sulfonamides is 1. The van der Waals surface area contributed by atoms with Crippen molar-refractivity contribution < 1.29 is 35.9 Å². The van der Waals surface area contributed by atoms with Crippen LogP contribution < -0.4 is 14.8 Å². The van der Waals surface area contributed by atoms with Crippen molar-refractivity contribution in [3.05, 3.63) is 48.0 Å². The van der Waals surface area contributed by atoms with Crippen LogP contribution in [0.2, 0.25) is 0 Å². The van der Waals surface area contributed by atoms with Crippen LogP contribution in [0.5, 0.6) is 5.75 Å². The highest BCUT2D eigenvalue weighted by atomic mass is 32.2. The Morgan fingerprint density at radius 1 is 1.03 bits per heavy atom. The Kier molecular flexibility index (Phi) is 6.96. The first-order chi connectivity index (χ1) is 13.6. The van der Waals surface area contributed by atoms with E-state index in [1.54, 1.807) is 13.8 Å². The second-order valence-electron chi connectivity index (χ2n) is 5.62. The van der Waals surface area contributed by atoms with Crippen molar-refractivity contribution in [2.24, 2.45) is 0 Å². The Labute approximate surface area is 165 Å². The summed E-state index contributed by atoms with van der Waals surface area (Å²) in [6.07, 6.45) is -5.32. The number of amides is 1. The number of ether oxygens (including phenoxy) is 2. The molecule has 29 heavy (non-hydrogen) atoms. The van der Waals surface area contributed by atoms with E-state index in [2.05, 4.69) is 10.0 Å². The van der Waals surface area contributed by atoms with Gasteiger partial charge in [0.15, 0.2) is 0 Å². The summed E-state index contributed by atoms with van der Waals surface area (Å²) in [5.41, 5.74) is -0.880. The molecular weight excluding hydrogens is 413 g/mol. The topological polar surface area (TPSA) is 93.7 Å². The molecule has 0 aliphatic heterocycles. The zero-order chi connectivity index (χ0) is 21.7. The molecule has 2 rings (SSSR count). The van der Waals surface area contributed by atoms with Gasteiger partial charge in [-0.2, -0.15) is 13.2 Å². The van der Waals surface area contributed by atoms with E-state index in [9.17, 15) is 26.4 Å². The van der Waals surface area contributed by atoms with Crippen molar-refractivity contribution in [1.82, 2.24) is 0 Å². The molecule has 0 radical (unpaired) electrons. The fraction of sp³-hybridized carbons (Fsp3) is 0.278. The summed E-state index contributed by atoms with van der Waals surface area (Å²) < 4.78 is 75.4. The second-order valence-corrected chi connectivity index (χ2v) is 7.30. The lowest BCUT2D eigenvalue weighted by molar-refractivity contribution is -0.137. The van der Waals surface area contributed by atoms with Crippen LogP contribution in [0, 0.1) is 0 Å². The van der Waals surface area contributed by atoms with E-state index >= 15 is 0 Å². The van der Waals surface area contributed by atoms with Crippen LogP contribution in [0.25, 0.3) is 0 Å². The molecule has 0 unspecified atom stereocenters. The smallest absolute Gasteiger partial charge is 0.416 e. The van der Waals surface area contributed by atoms with Crippen LogP contribution >= 0.6 is 0 Å². The molecule has 0 heterocycles. The standard InChI is InChI=1S/C18H19F3N2O5S/c1-3-27-16-10-9-14(11-15(16)22-17(24)28-4-2)29(25,26)23-13-7-5-12(6-8-13)18(19,20)21/h5-11,23H,3-4H2,1-2H3,(H,22,24). The number of anilines is 2. The zero-order valence-electron chi connectivity index (χ0n) is 15.5. The average Bonchev–Trinajstić information content (AvgIpc) is 2.63. The van der Waals surface area contributed by atoms with Crippen molar-refractivity contribution in [1.29, 1.82) is 0 Å². The van der Waals surface area contributed by atoms with Crippen molar-refractivity contribution in [2.75, 3.05) is 23.3 Å². The lowest BCUT2D eigenvalue weighted by Gasteiger charge is -2.14. The van der Waals surface area contributed by atoms with Gasteiger partial charge in [0.1, 0.15) is 5.75 Å². The molecule has 0 saturated heterocycles. The van der Waals surface area contributed by atoms with Crippen molar-refractivity contribution in [2.45, 2.75) is 24.9 Å². The Morgan fingerprint density at radius 3 is 2.24 bits per heavy atom. The monoisotopic (exact) mass is 432 g/mol. The lowest BCUT2D eigenvalue weighted by atomic mass is 10.2. The number of hydrogen-bond acceptors (Lipinski definition) is 5. The predicted octanol–water partition coefficient (Wildman–Crippen LogP) is 4.47. The molecule has 158 valence electrons. The SMILES string of the molecule is CCOC(=O)Nc1cc(S(=O)(=O)Nc2ccc(C(F)(F)F)cc2)ccc1OCC. The number of nitrogens with one attached hydrogen (secondary N) is 2. The first-order valence-electron chi connectivity index (χ1n) is 8.47. The third-order valence-corrected chi connectivity index (χ3v) is 4.92. The van der Waals surface area contributed by atoms with Gasteiger partial charge in [-0.25, -0.2) is 13.2 Å². The molecule has 0 atom stereocenters. The van der Waals surface area contributed by atoms with Crippen LogP contribution in [-0.2, 0) is 20.9 Å². The fourth-order valence-corrected chi connectivity index (χ4v) is 3.36. The van der Waals surface area contributed by atoms with Crippen LogP contribution in [0.15, 0.2) is 47.4 Å². The maximum absolute atomic E-state index is 12.6. The molecule has 2 aromatic carbocycles. The summed E-state index contributed by atoms with van der Waals surface area (Å²) in [6, 6.07) is 7.31. The average molecular weight is 432 g/mol. The van der Waals surface area contributed by atoms with E-state index in [-0.39, 0.29) is 35.2 Å². The van der Waals surface area contributed by atoms with Gasteiger partial charge in [-0.05, 0) is 56.3 Å². The van der Waals surface area contributed by atoms with Crippen molar-refractivity contribution >= 4 is 27.5 Å². The molecular formula is C18H19F3N2O5S. The Morgan fingerprint density at radius 2 is 1.69 bits per heavy atom. The largest absolute Gasteiger partial charge is 0.492 e. The normalized spacial score (nSPS) is 11.6. The Balaban J connectivity index is 2.30. The van der Waals surface area contributed by atoms with Gasteiger partial charge < -0.3 is 9.47 Å². The predicted molar refractivity (Wildman–Crippen MR) is 101 cm³/mol. The number of benzene rings is 2. The molecule has 11 heteroatoms. The van der Waals surface area contributed by atoms with Gasteiger partial charge in [0.25, 0.3) is 10.0 Å². The quantitative estimate of drug-likeness (QED) is 0.673. The fourth-order valence-electron chi connectivity index (χ4n) is 2.27. The minimum atomic E-state index is -4.53. The Bertz CT molecular complexity index is 960. The van der Waals surface area contributed by atoms with E-state index in [4.69, 9.17) is 9.47 Å². The minimum Gasteiger partial charge on any atom is -0.492 e. The number of alkyl halides is 3. The molecule has 2 N–H and O–H groups in total. The van der Waals surface area contributed by atoms with E-state index < -0.39 is 27.9 Å². The summed E-state index contributed by atoms with van der Waals surface area (Å²) >= 11 is 0. The summed E-state index contributed by atoms with van der Waals surface area (Å²) in [5.74, 6) is 0.231. The third kappa shape index (κ3) is 6.01. The van der Waals surface area contributed by atoms with E-state index in [1.165, 1.54) is 12.1 Å². The van der Waals surface area contributed by atoms with Crippen LogP contribution in [0.3, 0.4) is 0 Å². The molecule has 0 aromatic heterocycles. The number of carbonyl (C=O) groups is 1. The molecule has 0 aliphatic carbocycles. The summed E-state index contributed by atoms with van der Waals surface area (Å²) in [7, 11) is -4.14. The van der Waals surface area contributed by atoms with Gasteiger partial charge >= 0.3 is 12.3 Å². The molecule has 2 aromatic rings.